The Morgan fingerprint density at radius 1 is 1.32 bits per heavy atom. The van der Waals surface area contributed by atoms with E-state index in [0.29, 0.717) is 11.4 Å². The van der Waals surface area contributed by atoms with E-state index in [0.717, 1.165) is 0 Å². The monoisotopic (exact) mass is 345 g/mol. The Labute approximate surface area is 143 Å². The molecule has 0 unspecified atom stereocenters. The molecule has 0 bridgehead atoms. The van der Waals surface area contributed by atoms with Crippen molar-refractivity contribution >= 4 is 5.91 Å². The molecule has 0 fully saturated rings. The second kappa shape index (κ2) is 7.16. The van der Waals surface area contributed by atoms with Crippen LogP contribution in [0.25, 0.3) is 0 Å². The fourth-order valence-corrected chi connectivity index (χ4v) is 2.14. The molecule has 1 atom stereocenters. The van der Waals surface area contributed by atoms with Crippen molar-refractivity contribution in [3.63, 3.8) is 0 Å². The van der Waals surface area contributed by atoms with E-state index in [1.807, 2.05) is 6.92 Å². The van der Waals surface area contributed by atoms with Gasteiger partial charge in [-0.15, -0.1) is 0 Å². The summed E-state index contributed by atoms with van der Waals surface area (Å²) in [7, 11) is 1.64. The zero-order valence-corrected chi connectivity index (χ0v) is 13.7. The van der Waals surface area contributed by atoms with Gasteiger partial charge in [0, 0.05) is 13.1 Å². The first-order valence-electron chi connectivity index (χ1n) is 7.55. The third kappa shape index (κ3) is 3.85. The molecular formula is C17H16FN3O4. The minimum Gasteiger partial charge on any atom is -0.484 e. The molecule has 8 heteroatoms. The minimum atomic E-state index is -0.347. The molecule has 2 aromatic heterocycles. The van der Waals surface area contributed by atoms with E-state index in [9.17, 15) is 9.18 Å². The van der Waals surface area contributed by atoms with Crippen molar-refractivity contribution in [3.05, 3.63) is 66.0 Å². The summed E-state index contributed by atoms with van der Waals surface area (Å²) in [4.78, 5) is 18.1. The Morgan fingerprint density at radius 2 is 2.08 bits per heavy atom. The molecule has 1 aromatic carbocycles. The normalized spacial score (nSPS) is 12.0. The summed E-state index contributed by atoms with van der Waals surface area (Å²) in [6.45, 7) is 1.86. The summed E-state index contributed by atoms with van der Waals surface area (Å²) in [6, 6.07) is 7.00. The summed E-state index contributed by atoms with van der Waals surface area (Å²) in [5.41, 5.74) is 0.801. The van der Waals surface area contributed by atoms with Gasteiger partial charge in [-0.05, 0) is 31.2 Å². The number of aromatic nitrogens is 2. The van der Waals surface area contributed by atoms with E-state index in [1.165, 1.54) is 41.7 Å². The Morgan fingerprint density at radius 3 is 2.76 bits per heavy atom. The molecular weight excluding hydrogens is 329 g/mol. The maximum Gasteiger partial charge on any atom is 0.276 e. The van der Waals surface area contributed by atoms with Gasteiger partial charge in [0.2, 0.25) is 5.89 Å². The molecule has 0 saturated heterocycles. The van der Waals surface area contributed by atoms with Gasteiger partial charge >= 0.3 is 0 Å². The van der Waals surface area contributed by atoms with Crippen molar-refractivity contribution in [1.29, 1.82) is 0 Å². The number of oxazole rings is 1. The highest BCUT2D eigenvalue weighted by molar-refractivity contribution is 5.92. The highest BCUT2D eigenvalue weighted by Gasteiger charge is 2.23. The van der Waals surface area contributed by atoms with E-state index in [4.69, 9.17) is 13.7 Å². The van der Waals surface area contributed by atoms with Crippen molar-refractivity contribution in [1.82, 2.24) is 15.0 Å². The van der Waals surface area contributed by atoms with Crippen molar-refractivity contribution < 1.29 is 22.9 Å². The number of hydrogen-bond acceptors (Lipinski definition) is 6. The van der Waals surface area contributed by atoms with Gasteiger partial charge in [0.15, 0.2) is 12.3 Å². The molecule has 0 aliphatic heterocycles. The predicted octanol–water partition coefficient (Wildman–Crippen LogP) is 3.21. The third-order valence-electron chi connectivity index (χ3n) is 3.73. The number of carbonyl (C=O) groups excluding carboxylic acids is 1. The third-order valence-corrected chi connectivity index (χ3v) is 3.73. The molecule has 3 aromatic rings. The number of amides is 1. The van der Waals surface area contributed by atoms with Gasteiger partial charge in [-0.3, -0.25) is 4.79 Å². The highest BCUT2D eigenvalue weighted by atomic mass is 19.1. The molecule has 0 aliphatic rings. The zero-order chi connectivity index (χ0) is 17.8. The van der Waals surface area contributed by atoms with Crippen molar-refractivity contribution in [2.45, 2.75) is 19.6 Å². The molecule has 2 heterocycles. The number of carbonyl (C=O) groups is 1. The zero-order valence-electron chi connectivity index (χ0n) is 13.7. The summed E-state index contributed by atoms with van der Waals surface area (Å²) in [5.74, 6) is 0.0623. The van der Waals surface area contributed by atoms with Gasteiger partial charge in [-0.1, -0.05) is 5.16 Å². The van der Waals surface area contributed by atoms with Crippen molar-refractivity contribution in [2.24, 2.45) is 0 Å². The lowest BCUT2D eigenvalue weighted by molar-refractivity contribution is 0.0731. The van der Waals surface area contributed by atoms with Crippen LogP contribution in [0, 0.1) is 5.82 Å². The van der Waals surface area contributed by atoms with Gasteiger partial charge in [0.1, 0.15) is 29.8 Å². The number of hydrogen-bond donors (Lipinski definition) is 0. The van der Waals surface area contributed by atoms with Crippen LogP contribution in [0.2, 0.25) is 0 Å². The molecule has 0 radical (unpaired) electrons. The van der Waals surface area contributed by atoms with Crippen LogP contribution in [0.3, 0.4) is 0 Å². The van der Waals surface area contributed by atoms with Gasteiger partial charge in [-0.2, -0.15) is 0 Å². The van der Waals surface area contributed by atoms with Gasteiger partial charge in [0.05, 0.1) is 6.04 Å². The molecule has 0 spiro atoms. The molecule has 3 rings (SSSR count). The standard InChI is InChI=1S/C17H16FN3O4/c1-11(14-7-8-25-20-14)21(2)17(22)15-9-24-16(19-15)10-23-13-5-3-12(18)4-6-13/h3-9,11H,10H2,1-2H3/t11-/m0/s1. The van der Waals surface area contributed by atoms with Crippen molar-refractivity contribution in [3.8, 4) is 5.75 Å². The number of halogens is 1. The average Bonchev–Trinajstić information content (AvgIpc) is 3.31. The van der Waals surface area contributed by atoms with Crippen LogP contribution in [-0.2, 0) is 6.61 Å². The topological polar surface area (TPSA) is 81.6 Å². The number of benzene rings is 1. The van der Waals surface area contributed by atoms with Crippen molar-refractivity contribution in [2.75, 3.05) is 7.05 Å². The maximum absolute atomic E-state index is 12.8. The van der Waals surface area contributed by atoms with E-state index >= 15 is 0 Å². The molecule has 25 heavy (non-hydrogen) atoms. The number of nitrogens with zero attached hydrogens (tertiary/aromatic N) is 3. The first kappa shape index (κ1) is 16.7. The van der Waals surface area contributed by atoms with Crippen LogP contribution in [0.15, 0.2) is 51.8 Å². The van der Waals surface area contributed by atoms with Crippen LogP contribution in [-0.4, -0.2) is 28.0 Å². The Hall–Kier alpha value is -3.16. The van der Waals surface area contributed by atoms with Gasteiger partial charge < -0.3 is 18.6 Å². The number of ether oxygens (including phenoxy) is 1. The second-order valence-corrected chi connectivity index (χ2v) is 5.39. The van der Waals surface area contributed by atoms with E-state index in [-0.39, 0.29) is 36.0 Å². The summed E-state index contributed by atoms with van der Waals surface area (Å²) in [6.07, 6.45) is 2.73. The Kier molecular flexibility index (Phi) is 4.78. The smallest absolute Gasteiger partial charge is 0.276 e. The Balaban J connectivity index is 1.62. The fourth-order valence-electron chi connectivity index (χ4n) is 2.14. The fraction of sp³-hybridized carbons (Fsp3) is 0.235. The Bertz CT molecular complexity index is 830. The number of rotatable bonds is 6. The summed E-state index contributed by atoms with van der Waals surface area (Å²) < 4.78 is 28.3. The first-order chi connectivity index (χ1) is 12.0. The minimum absolute atomic E-state index is 0.0292. The summed E-state index contributed by atoms with van der Waals surface area (Å²) in [5, 5.41) is 3.83. The molecule has 7 nitrogen and oxygen atoms in total. The van der Waals surface area contributed by atoms with E-state index < -0.39 is 0 Å². The first-order valence-corrected chi connectivity index (χ1v) is 7.55. The van der Waals surface area contributed by atoms with Gasteiger partial charge in [0.25, 0.3) is 5.91 Å². The molecule has 130 valence electrons. The lowest BCUT2D eigenvalue weighted by Gasteiger charge is -2.21. The molecule has 0 aliphatic carbocycles. The van der Waals surface area contributed by atoms with Crippen LogP contribution in [0.1, 0.15) is 35.0 Å². The molecule has 0 saturated carbocycles. The highest BCUT2D eigenvalue weighted by Crippen LogP contribution is 2.19. The average molecular weight is 345 g/mol. The molecule has 1 amide bonds. The second-order valence-electron chi connectivity index (χ2n) is 5.39. The van der Waals surface area contributed by atoms with Crippen LogP contribution in [0.5, 0.6) is 5.75 Å². The maximum atomic E-state index is 12.8. The summed E-state index contributed by atoms with van der Waals surface area (Å²) >= 11 is 0. The lowest BCUT2D eigenvalue weighted by atomic mass is 10.2. The van der Waals surface area contributed by atoms with E-state index in [1.54, 1.807) is 13.1 Å². The molecule has 0 N–H and O–H groups in total. The van der Waals surface area contributed by atoms with Crippen LogP contribution >= 0.6 is 0 Å². The largest absolute Gasteiger partial charge is 0.484 e. The predicted molar refractivity (Wildman–Crippen MR) is 84.2 cm³/mol. The SMILES string of the molecule is C[C@@H](c1ccon1)N(C)C(=O)c1coc(COc2ccc(F)cc2)n1. The quantitative estimate of drug-likeness (QED) is 0.682. The van der Waals surface area contributed by atoms with Gasteiger partial charge in [-0.25, -0.2) is 9.37 Å². The van der Waals surface area contributed by atoms with Crippen LogP contribution in [0.4, 0.5) is 4.39 Å². The van der Waals surface area contributed by atoms with E-state index in [2.05, 4.69) is 10.1 Å². The lowest BCUT2D eigenvalue weighted by Crippen LogP contribution is -2.30. The van der Waals surface area contributed by atoms with Crippen LogP contribution < -0.4 is 4.74 Å².